The zero-order valence-corrected chi connectivity index (χ0v) is 5.23. The summed E-state index contributed by atoms with van der Waals surface area (Å²) in [5.74, 6) is 0. The number of hydrogen-bond acceptors (Lipinski definition) is 0. The Morgan fingerprint density at radius 3 is 1.57 bits per heavy atom. The molecular formula is C6H5V-. The maximum absolute atomic E-state index is 2.89. The second kappa shape index (κ2) is 3.98. The molecule has 7 heavy (non-hydrogen) atoms. The van der Waals surface area contributed by atoms with Crippen molar-refractivity contribution in [3.05, 3.63) is 36.4 Å². The van der Waals surface area contributed by atoms with Gasteiger partial charge in [-0.3, -0.25) is 0 Å². The molecule has 0 atom stereocenters. The molecule has 0 aliphatic heterocycles. The van der Waals surface area contributed by atoms with Crippen molar-refractivity contribution >= 4 is 0 Å². The van der Waals surface area contributed by atoms with Crippen LogP contribution in [0.1, 0.15) is 0 Å². The van der Waals surface area contributed by atoms with Crippen LogP contribution in [0.4, 0.5) is 0 Å². The Kier molecular flexibility index (Phi) is 3.87. The van der Waals surface area contributed by atoms with E-state index < -0.39 is 0 Å². The first kappa shape index (κ1) is 6.80. The molecule has 35 valence electrons. The Bertz CT molecular complexity index is 76.1. The zero-order valence-electron chi connectivity index (χ0n) is 3.83. The van der Waals surface area contributed by atoms with Crippen LogP contribution in [0.25, 0.3) is 0 Å². The predicted molar refractivity (Wildman–Crippen MR) is 25.3 cm³/mol. The molecule has 1 rings (SSSR count). The summed E-state index contributed by atoms with van der Waals surface area (Å²) in [6, 6.07) is 12.5. The van der Waals surface area contributed by atoms with E-state index in [0.29, 0.717) is 0 Å². The van der Waals surface area contributed by atoms with Gasteiger partial charge in [0.2, 0.25) is 0 Å². The van der Waals surface area contributed by atoms with Crippen LogP contribution in [0.15, 0.2) is 30.3 Å². The molecule has 0 nitrogen and oxygen atoms in total. The monoisotopic (exact) mass is 128 g/mol. The zero-order chi connectivity index (χ0) is 4.24. The van der Waals surface area contributed by atoms with Gasteiger partial charge in [-0.25, -0.2) is 0 Å². The molecule has 0 spiro atoms. The van der Waals surface area contributed by atoms with Crippen molar-refractivity contribution in [3.63, 3.8) is 0 Å². The van der Waals surface area contributed by atoms with Crippen molar-refractivity contribution in [2.45, 2.75) is 0 Å². The van der Waals surface area contributed by atoms with Gasteiger partial charge in [0.05, 0.1) is 0 Å². The largest absolute Gasteiger partial charge is 0.184 e. The summed E-state index contributed by atoms with van der Waals surface area (Å²) in [6.07, 6.45) is 0. The quantitative estimate of drug-likeness (QED) is 0.464. The second-order valence-electron chi connectivity index (χ2n) is 1.08. The summed E-state index contributed by atoms with van der Waals surface area (Å²) < 4.78 is 0. The van der Waals surface area contributed by atoms with Crippen molar-refractivity contribution in [3.8, 4) is 0 Å². The van der Waals surface area contributed by atoms with E-state index in [1.165, 1.54) is 0 Å². The van der Waals surface area contributed by atoms with Gasteiger partial charge in [0.15, 0.2) is 0 Å². The van der Waals surface area contributed by atoms with Crippen molar-refractivity contribution < 1.29 is 18.6 Å². The summed E-state index contributed by atoms with van der Waals surface area (Å²) in [5, 5.41) is 0. The maximum Gasteiger partial charge on any atom is 0 e. The molecule has 0 heterocycles. The van der Waals surface area contributed by atoms with Crippen LogP contribution < -0.4 is 0 Å². The third-order valence-corrected chi connectivity index (χ3v) is 0.607. The molecule has 0 fully saturated rings. The average molecular weight is 128 g/mol. The number of rotatable bonds is 0. The van der Waals surface area contributed by atoms with Crippen LogP contribution in [0.2, 0.25) is 0 Å². The van der Waals surface area contributed by atoms with Crippen LogP contribution in [-0.2, 0) is 18.6 Å². The topological polar surface area (TPSA) is 0 Å². The van der Waals surface area contributed by atoms with Crippen molar-refractivity contribution in [2.24, 2.45) is 0 Å². The molecule has 1 heteroatoms. The first-order valence-corrected chi connectivity index (χ1v) is 1.91. The predicted octanol–water partition coefficient (Wildman–Crippen LogP) is 1.48. The first-order chi connectivity index (χ1) is 3.00. The van der Waals surface area contributed by atoms with E-state index in [0.717, 1.165) is 0 Å². The standard InChI is InChI=1S/C6H5.V/c1-2-4-6-5-3-1;/h1-5H;/q-1;. The van der Waals surface area contributed by atoms with E-state index >= 15 is 0 Å². The van der Waals surface area contributed by atoms with Gasteiger partial charge in [-0.1, -0.05) is 0 Å². The summed E-state index contributed by atoms with van der Waals surface area (Å²) in [5.41, 5.74) is 0. The summed E-state index contributed by atoms with van der Waals surface area (Å²) >= 11 is 0. The SMILES string of the molecule is [V].[c-]1ccccc1. The Labute approximate surface area is 55.4 Å². The fraction of sp³-hybridized carbons (Fsp3) is 0. The first-order valence-electron chi connectivity index (χ1n) is 1.91. The molecule has 1 aromatic carbocycles. The van der Waals surface area contributed by atoms with Crippen LogP contribution >= 0.6 is 0 Å². The molecule has 0 saturated heterocycles. The van der Waals surface area contributed by atoms with Gasteiger partial charge >= 0.3 is 0 Å². The molecule has 0 bridgehead atoms. The van der Waals surface area contributed by atoms with Crippen LogP contribution in [-0.4, -0.2) is 0 Å². The van der Waals surface area contributed by atoms with Gasteiger partial charge in [-0.15, -0.1) is 0 Å². The summed E-state index contributed by atoms with van der Waals surface area (Å²) in [6.45, 7) is 0. The molecular weight excluding hydrogens is 123 g/mol. The molecule has 0 N–H and O–H groups in total. The smallest absolute Gasteiger partial charge is 0 e. The Morgan fingerprint density at radius 1 is 0.857 bits per heavy atom. The third kappa shape index (κ3) is 2.49. The minimum absolute atomic E-state index is 0. The minimum Gasteiger partial charge on any atom is -0.184 e. The van der Waals surface area contributed by atoms with Crippen molar-refractivity contribution in [1.82, 2.24) is 0 Å². The van der Waals surface area contributed by atoms with E-state index in [4.69, 9.17) is 0 Å². The molecule has 0 aromatic heterocycles. The fourth-order valence-corrected chi connectivity index (χ4v) is 0.342. The van der Waals surface area contributed by atoms with E-state index in [2.05, 4.69) is 6.07 Å². The van der Waals surface area contributed by atoms with Gasteiger partial charge in [-0.2, -0.15) is 36.4 Å². The normalized spacial score (nSPS) is 6.86. The van der Waals surface area contributed by atoms with Gasteiger partial charge < -0.3 is 0 Å². The van der Waals surface area contributed by atoms with Crippen LogP contribution in [0.3, 0.4) is 0 Å². The van der Waals surface area contributed by atoms with E-state index in [9.17, 15) is 0 Å². The van der Waals surface area contributed by atoms with E-state index in [1.54, 1.807) is 0 Å². The molecule has 0 unspecified atom stereocenters. The fourth-order valence-electron chi connectivity index (χ4n) is 0.342. The molecule has 1 aromatic rings. The van der Waals surface area contributed by atoms with E-state index in [1.807, 2.05) is 30.3 Å². The van der Waals surface area contributed by atoms with Gasteiger partial charge in [0.1, 0.15) is 0 Å². The van der Waals surface area contributed by atoms with Crippen molar-refractivity contribution in [1.29, 1.82) is 0 Å². The van der Waals surface area contributed by atoms with Crippen LogP contribution in [0.5, 0.6) is 0 Å². The molecule has 0 aliphatic rings. The number of benzene rings is 1. The Hall–Kier alpha value is -0.196. The third-order valence-electron chi connectivity index (χ3n) is 0.607. The Balaban J connectivity index is 0.000000360. The van der Waals surface area contributed by atoms with Gasteiger partial charge in [0, 0.05) is 18.6 Å². The molecule has 0 amide bonds. The molecule has 0 saturated carbocycles. The van der Waals surface area contributed by atoms with Crippen molar-refractivity contribution in [2.75, 3.05) is 0 Å². The Morgan fingerprint density at radius 2 is 1.43 bits per heavy atom. The van der Waals surface area contributed by atoms with Gasteiger partial charge in [0.25, 0.3) is 0 Å². The minimum atomic E-state index is 0. The van der Waals surface area contributed by atoms with Crippen LogP contribution in [0, 0.1) is 6.07 Å². The second-order valence-corrected chi connectivity index (χ2v) is 1.08. The van der Waals surface area contributed by atoms with E-state index in [-0.39, 0.29) is 18.6 Å². The molecule has 1 radical (unpaired) electrons. The van der Waals surface area contributed by atoms with Gasteiger partial charge in [-0.05, 0) is 0 Å². The maximum atomic E-state index is 2.89. The summed E-state index contributed by atoms with van der Waals surface area (Å²) in [7, 11) is 0. The molecule has 0 aliphatic carbocycles. The average Bonchev–Trinajstić information content (AvgIpc) is 1.72. The number of hydrogen-bond donors (Lipinski definition) is 0. The summed E-state index contributed by atoms with van der Waals surface area (Å²) in [4.78, 5) is 0.